The van der Waals surface area contributed by atoms with Crippen LogP contribution in [0.2, 0.25) is 0 Å². The van der Waals surface area contributed by atoms with E-state index in [1.807, 2.05) is 27.6 Å². The van der Waals surface area contributed by atoms with Crippen LogP contribution in [0, 0.1) is 0 Å². The number of amides is 4. The third-order valence-corrected chi connectivity index (χ3v) is 2.03. The Morgan fingerprint density at radius 2 is 1.57 bits per heavy atom. The van der Waals surface area contributed by atoms with Crippen LogP contribution in [-0.2, 0) is 33.6 Å². The summed E-state index contributed by atoms with van der Waals surface area (Å²) in [6.07, 6.45) is 0.562. The molecule has 0 spiro atoms. The highest BCUT2D eigenvalue weighted by atomic mass is 16.7. The molecule has 0 aliphatic rings. The third kappa shape index (κ3) is 23.1. The predicted octanol–water partition coefficient (Wildman–Crippen LogP) is -1.99. The van der Waals surface area contributed by atoms with E-state index in [4.69, 9.17) is 15.6 Å². The summed E-state index contributed by atoms with van der Waals surface area (Å²) in [6, 6.07) is 0. The van der Waals surface area contributed by atoms with Crippen LogP contribution in [0.1, 0.15) is 40.5 Å². The van der Waals surface area contributed by atoms with E-state index in [0.29, 0.717) is 6.42 Å². The number of hydroxylamine groups is 2. The van der Waals surface area contributed by atoms with E-state index in [1.165, 1.54) is 0 Å². The molecule has 28 heavy (non-hydrogen) atoms. The van der Waals surface area contributed by atoms with Gasteiger partial charge >= 0.3 is 5.97 Å². The van der Waals surface area contributed by atoms with Crippen LogP contribution in [0.25, 0.3) is 0 Å². The molecule has 4 amide bonds. The lowest BCUT2D eigenvalue weighted by atomic mass is 10.1. The zero-order valence-electron chi connectivity index (χ0n) is 16.6. The minimum absolute atomic E-state index is 0. The fourth-order valence-corrected chi connectivity index (χ4v) is 1.07. The van der Waals surface area contributed by atoms with Gasteiger partial charge in [0.1, 0.15) is 19.9 Å². The summed E-state index contributed by atoms with van der Waals surface area (Å²) in [7, 11) is 0. The second kappa shape index (κ2) is 17.5. The Bertz CT molecular complexity index is 499. The van der Waals surface area contributed by atoms with Crippen molar-refractivity contribution in [1.82, 2.24) is 15.7 Å². The standard InChI is InChI=1S/C11H17N3O7.C4H11N.CH2O/c1-2-3-10(19)14(7-16)21-11(20)5-13-8(17)4-12-9(18)6-15;1-4(2,3)5;1-2/h7,15H,2-6H2,1H3,(H,12,18)(H,13,17);5H2,1-3H3;1H2. The minimum Gasteiger partial charge on any atom is -0.387 e. The first-order valence-electron chi connectivity index (χ1n) is 8.14. The van der Waals surface area contributed by atoms with E-state index < -0.39 is 43.4 Å². The second-order valence-electron chi connectivity index (χ2n) is 6.12. The SMILES string of the molecule is C=O.CC(C)(C)N.CCCC(=O)N(C=O)OC(=O)CNC(=O)CNC(=O)CO. The molecule has 0 heterocycles. The summed E-state index contributed by atoms with van der Waals surface area (Å²) in [5.41, 5.74) is 5.35. The van der Waals surface area contributed by atoms with Gasteiger partial charge in [-0.2, -0.15) is 0 Å². The summed E-state index contributed by atoms with van der Waals surface area (Å²) in [6.45, 7) is 7.83. The van der Waals surface area contributed by atoms with Gasteiger partial charge in [0, 0.05) is 12.0 Å². The van der Waals surface area contributed by atoms with Gasteiger partial charge in [0.05, 0.1) is 6.54 Å². The molecule has 0 aromatic rings. The van der Waals surface area contributed by atoms with E-state index in [9.17, 15) is 24.0 Å². The molecule has 0 saturated carbocycles. The smallest absolute Gasteiger partial charge is 0.352 e. The summed E-state index contributed by atoms with van der Waals surface area (Å²) >= 11 is 0. The molecule has 5 N–H and O–H groups in total. The monoisotopic (exact) mass is 406 g/mol. The van der Waals surface area contributed by atoms with E-state index in [0.717, 1.165) is 0 Å². The number of imide groups is 1. The molecule has 0 saturated heterocycles. The summed E-state index contributed by atoms with van der Waals surface area (Å²) in [5.74, 6) is -3.15. The van der Waals surface area contributed by atoms with Gasteiger partial charge < -0.3 is 31.1 Å². The molecule has 0 fully saturated rings. The van der Waals surface area contributed by atoms with Crippen molar-refractivity contribution < 1.29 is 38.7 Å². The molecule has 0 aromatic carbocycles. The van der Waals surface area contributed by atoms with Crippen molar-refractivity contribution in [1.29, 1.82) is 0 Å². The van der Waals surface area contributed by atoms with E-state index >= 15 is 0 Å². The lowest BCUT2D eigenvalue weighted by Crippen LogP contribution is -2.42. The quantitative estimate of drug-likeness (QED) is 0.262. The molecule has 162 valence electrons. The Morgan fingerprint density at radius 1 is 1.11 bits per heavy atom. The summed E-state index contributed by atoms with van der Waals surface area (Å²) in [5, 5.41) is 12.8. The Morgan fingerprint density at radius 3 is 1.96 bits per heavy atom. The van der Waals surface area contributed by atoms with E-state index in [1.54, 1.807) is 6.92 Å². The van der Waals surface area contributed by atoms with Crippen molar-refractivity contribution in [3.8, 4) is 0 Å². The average Bonchev–Trinajstić information content (AvgIpc) is 2.62. The van der Waals surface area contributed by atoms with Crippen LogP contribution in [0.4, 0.5) is 0 Å². The molecule has 12 nitrogen and oxygen atoms in total. The van der Waals surface area contributed by atoms with Gasteiger partial charge in [0.2, 0.25) is 11.8 Å². The van der Waals surface area contributed by atoms with E-state index in [2.05, 4.69) is 15.5 Å². The van der Waals surface area contributed by atoms with Crippen molar-refractivity contribution in [2.45, 2.75) is 46.1 Å². The van der Waals surface area contributed by atoms with Crippen molar-refractivity contribution in [2.75, 3.05) is 19.7 Å². The third-order valence-electron chi connectivity index (χ3n) is 2.03. The first-order valence-corrected chi connectivity index (χ1v) is 8.14. The molecule has 0 aliphatic carbocycles. The first kappa shape index (κ1) is 29.9. The Labute approximate surface area is 163 Å². The fraction of sp³-hybridized carbons (Fsp3) is 0.625. The highest BCUT2D eigenvalue weighted by Gasteiger charge is 2.17. The number of nitrogens with zero attached hydrogens (tertiary/aromatic N) is 1. The maximum absolute atomic E-state index is 11.3. The van der Waals surface area contributed by atoms with Gasteiger partial charge in [-0.05, 0) is 27.2 Å². The van der Waals surface area contributed by atoms with Crippen molar-refractivity contribution in [2.24, 2.45) is 5.73 Å². The normalized spacial score (nSPS) is 9.36. The summed E-state index contributed by atoms with van der Waals surface area (Å²) < 4.78 is 0. The van der Waals surface area contributed by atoms with Gasteiger partial charge in [0.25, 0.3) is 12.3 Å². The number of aliphatic hydroxyl groups excluding tert-OH is 1. The van der Waals surface area contributed by atoms with Gasteiger partial charge in [-0.3, -0.25) is 19.2 Å². The van der Waals surface area contributed by atoms with Gasteiger partial charge in [-0.15, -0.1) is 5.06 Å². The number of nitrogens with two attached hydrogens (primary N) is 1. The number of hydrogen-bond acceptors (Lipinski definition) is 9. The number of rotatable bonds is 8. The van der Waals surface area contributed by atoms with Crippen LogP contribution >= 0.6 is 0 Å². The van der Waals surface area contributed by atoms with Crippen molar-refractivity contribution in [3.05, 3.63) is 0 Å². The molecule has 0 aromatic heterocycles. The highest BCUT2D eigenvalue weighted by molar-refractivity contribution is 5.89. The van der Waals surface area contributed by atoms with E-state index in [-0.39, 0.29) is 23.4 Å². The highest BCUT2D eigenvalue weighted by Crippen LogP contribution is 1.96. The van der Waals surface area contributed by atoms with Crippen LogP contribution < -0.4 is 16.4 Å². The van der Waals surface area contributed by atoms with Crippen LogP contribution in [0.3, 0.4) is 0 Å². The lowest BCUT2D eigenvalue weighted by molar-refractivity contribution is -0.195. The number of hydrogen-bond donors (Lipinski definition) is 4. The Kier molecular flexibility index (Phi) is 18.7. The molecule has 0 radical (unpaired) electrons. The maximum Gasteiger partial charge on any atom is 0.352 e. The molecule has 0 aliphatic heterocycles. The molecule has 0 bridgehead atoms. The fourth-order valence-electron chi connectivity index (χ4n) is 1.07. The topological polar surface area (TPSA) is 185 Å². The molecular weight excluding hydrogens is 376 g/mol. The van der Waals surface area contributed by atoms with Crippen LogP contribution in [0.5, 0.6) is 0 Å². The molecule has 12 heteroatoms. The summed E-state index contributed by atoms with van der Waals surface area (Å²) in [4.78, 5) is 67.5. The average molecular weight is 406 g/mol. The predicted molar refractivity (Wildman–Crippen MR) is 98.1 cm³/mol. The molecule has 0 atom stereocenters. The molecule has 0 rings (SSSR count). The lowest BCUT2D eigenvalue weighted by Gasteiger charge is -2.14. The van der Waals surface area contributed by atoms with Crippen LogP contribution in [0.15, 0.2) is 0 Å². The zero-order valence-corrected chi connectivity index (χ0v) is 16.6. The first-order chi connectivity index (χ1) is 12.9. The molecular formula is C16H30N4O8. The second-order valence-corrected chi connectivity index (χ2v) is 6.12. The number of aliphatic hydroxyl groups is 1. The Balaban J connectivity index is -0.000000767. The van der Waals surface area contributed by atoms with Gasteiger partial charge in [0.15, 0.2) is 0 Å². The zero-order chi connectivity index (χ0) is 22.8. The van der Waals surface area contributed by atoms with Crippen molar-refractivity contribution in [3.63, 3.8) is 0 Å². The maximum atomic E-state index is 11.3. The Hall–Kier alpha value is -2.86. The number of carbonyl (C=O) groups excluding carboxylic acids is 6. The number of carbonyl (C=O) groups is 6. The number of nitrogens with one attached hydrogen (secondary N) is 2. The van der Waals surface area contributed by atoms with Crippen LogP contribution in [-0.4, -0.2) is 72.3 Å². The van der Waals surface area contributed by atoms with Crippen molar-refractivity contribution >= 4 is 36.9 Å². The molecule has 0 unspecified atom stereocenters. The van der Waals surface area contributed by atoms with Gasteiger partial charge in [-0.25, -0.2) is 4.79 Å². The minimum atomic E-state index is -1.02. The largest absolute Gasteiger partial charge is 0.387 e. The van der Waals surface area contributed by atoms with Gasteiger partial charge in [-0.1, -0.05) is 6.92 Å².